The summed E-state index contributed by atoms with van der Waals surface area (Å²) in [5.41, 5.74) is 0.529. The van der Waals surface area contributed by atoms with Crippen LogP contribution in [0.1, 0.15) is 65.2 Å². The Morgan fingerprint density at radius 1 is 1.21 bits per heavy atom. The molecule has 19 heavy (non-hydrogen) atoms. The molecule has 3 heteroatoms. The summed E-state index contributed by atoms with van der Waals surface area (Å²) in [6, 6.07) is 0. The fourth-order valence-corrected chi connectivity index (χ4v) is 2.75. The van der Waals surface area contributed by atoms with E-state index < -0.39 is 0 Å². The van der Waals surface area contributed by atoms with Crippen molar-refractivity contribution in [3.05, 3.63) is 0 Å². The molecule has 0 heterocycles. The van der Waals surface area contributed by atoms with Gasteiger partial charge in [0.2, 0.25) is 0 Å². The summed E-state index contributed by atoms with van der Waals surface area (Å²) in [4.78, 5) is 0. The Balaban J connectivity index is 1.91. The molecule has 0 aromatic rings. The molecule has 1 atom stereocenters. The van der Waals surface area contributed by atoms with Gasteiger partial charge in [0.15, 0.2) is 0 Å². The fourth-order valence-electron chi connectivity index (χ4n) is 2.75. The first-order valence-electron chi connectivity index (χ1n) is 8.19. The van der Waals surface area contributed by atoms with Crippen LogP contribution >= 0.6 is 0 Å². The standard InChI is InChI=1S/C16H33NO2/c1-3-5-6-7-11-19-13-15(18)12-17-14-16(4-2)9-8-10-16/h15,17-18H,3-14H2,1-2H3. The molecule has 1 aliphatic rings. The molecule has 1 saturated carbocycles. The minimum absolute atomic E-state index is 0.361. The minimum atomic E-state index is -0.361. The van der Waals surface area contributed by atoms with Crippen LogP contribution in [0.5, 0.6) is 0 Å². The molecule has 1 rings (SSSR count). The second-order valence-electron chi connectivity index (χ2n) is 6.13. The number of nitrogens with one attached hydrogen (secondary N) is 1. The van der Waals surface area contributed by atoms with Gasteiger partial charge in [0.05, 0.1) is 12.7 Å². The highest BCUT2D eigenvalue weighted by Crippen LogP contribution is 2.42. The second kappa shape index (κ2) is 9.73. The lowest BCUT2D eigenvalue weighted by atomic mass is 9.67. The first-order chi connectivity index (χ1) is 9.22. The lowest BCUT2D eigenvalue weighted by Crippen LogP contribution is -2.42. The van der Waals surface area contributed by atoms with E-state index in [1.807, 2.05) is 0 Å². The highest BCUT2D eigenvalue weighted by molar-refractivity contribution is 4.88. The van der Waals surface area contributed by atoms with Gasteiger partial charge in [0.25, 0.3) is 0 Å². The molecule has 1 aliphatic carbocycles. The van der Waals surface area contributed by atoms with Gasteiger partial charge in [-0.05, 0) is 31.1 Å². The van der Waals surface area contributed by atoms with Gasteiger partial charge < -0.3 is 15.2 Å². The third-order valence-corrected chi connectivity index (χ3v) is 4.50. The maximum atomic E-state index is 9.82. The summed E-state index contributed by atoms with van der Waals surface area (Å²) in [5.74, 6) is 0. The number of ether oxygens (including phenoxy) is 1. The van der Waals surface area contributed by atoms with Crippen LogP contribution in [0, 0.1) is 5.41 Å². The summed E-state index contributed by atoms with van der Waals surface area (Å²) in [5, 5.41) is 13.2. The molecule has 0 bridgehead atoms. The van der Waals surface area contributed by atoms with Crippen LogP contribution in [-0.4, -0.2) is 37.5 Å². The van der Waals surface area contributed by atoms with E-state index in [-0.39, 0.29) is 6.10 Å². The van der Waals surface area contributed by atoms with Crippen molar-refractivity contribution in [3.63, 3.8) is 0 Å². The first kappa shape index (κ1) is 16.9. The summed E-state index contributed by atoms with van der Waals surface area (Å²) >= 11 is 0. The zero-order chi connectivity index (χ0) is 14.0. The molecule has 114 valence electrons. The van der Waals surface area contributed by atoms with E-state index in [4.69, 9.17) is 4.74 Å². The average Bonchev–Trinajstić information content (AvgIpc) is 2.37. The summed E-state index contributed by atoms with van der Waals surface area (Å²) in [6.45, 7) is 7.46. The van der Waals surface area contributed by atoms with Gasteiger partial charge in [-0.2, -0.15) is 0 Å². The van der Waals surface area contributed by atoms with Gasteiger partial charge in [0.1, 0.15) is 0 Å². The van der Waals surface area contributed by atoms with Crippen LogP contribution in [0.25, 0.3) is 0 Å². The van der Waals surface area contributed by atoms with Gasteiger partial charge in [0, 0.05) is 19.7 Å². The Hall–Kier alpha value is -0.120. The van der Waals surface area contributed by atoms with Crippen molar-refractivity contribution in [3.8, 4) is 0 Å². The number of hydrogen-bond acceptors (Lipinski definition) is 3. The monoisotopic (exact) mass is 271 g/mol. The predicted octanol–water partition coefficient (Wildman–Crippen LogP) is 3.11. The average molecular weight is 271 g/mol. The molecule has 0 spiro atoms. The third kappa shape index (κ3) is 6.73. The Labute approximate surface area is 119 Å². The SMILES string of the molecule is CCCCCCOCC(O)CNCC1(CC)CCC1. The first-order valence-corrected chi connectivity index (χ1v) is 8.19. The minimum Gasteiger partial charge on any atom is -0.389 e. The van der Waals surface area contributed by atoms with Crippen molar-refractivity contribution >= 4 is 0 Å². The molecular weight excluding hydrogens is 238 g/mol. The van der Waals surface area contributed by atoms with Crippen LogP contribution in [0.2, 0.25) is 0 Å². The fraction of sp³-hybridized carbons (Fsp3) is 1.00. The highest BCUT2D eigenvalue weighted by atomic mass is 16.5. The van der Waals surface area contributed by atoms with Gasteiger partial charge in [-0.1, -0.05) is 39.5 Å². The maximum absolute atomic E-state index is 9.82. The maximum Gasteiger partial charge on any atom is 0.0897 e. The topological polar surface area (TPSA) is 41.5 Å². The quantitative estimate of drug-likeness (QED) is 0.536. The van der Waals surface area contributed by atoms with Crippen molar-refractivity contribution in [2.45, 2.75) is 71.3 Å². The smallest absolute Gasteiger partial charge is 0.0897 e. The molecular formula is C16H33NO2. The van der Waals surface area contributed by atoms with E-state index in [0.717, 1.165) is 19.6 Å². The number of hydrogen-bond donors (Lipinski definition) is 2. The normalized spacial score (nSPS) is 19.1. The number of rotatable bonds is 12. The molecule has 2 N–H and O–H groups in total. The second-order valence-corrected chi connectivity index (χ2v) is 6.13. The molecule has 1 unspecified atom stereocenters. The Bertz CT molecular complexity index is 211. The lowest BCUT2D eigenvalue weighted by molar-refractivity contribution is 0.0313. The zero-order valence-electron chi connectivity index (χ0n) is 12.9. The number of aliphatic hydroxyl groups is 1. The van der Waals surface area contributed by atoms with E-state index in [0.29, 0.717) is 18.6 Å². The number of unbranched alkanes of at least 4 members (excludes halogenated alkanes) is 3. The molecule has 0 amide bonds. The molecule has 0 radical (unpaired) electrons. The van der Waals surface area contributed by atoms with Crippen LogP contribution in [0.3, 0.4) is 0 Å². The lowest BCUT2D eigenvalue weighted by Gasteiger charge is -2.41. The van der Waals surface area contributed by atoms with Gasteiger partial charge in [-0.15, -0.1) is 0 Å². The van der Waals surface area contributed by atoms with E-state index in [2.05, 4.69) is 19.2 Å². The van der Waals surface area contributed by atoms with Crippen LogP contribution in [-0.2, 0) is 4.74 Å². The molecule has 1 fully saturated rings. The number of aliphatic hydroxyl groups excluding tert-OH is 1. The molecule has 0 aromatic heterocycles. The van der Waals surface area contributed by atoms with Crippen molar-refractivity contribution in [2.75, 3.05) is 26.3 Å². The van der Waals surface area contributed by atoms with Crippen molar-refractivity contribution in [1.82, 2.24) is 5.32 Å². The van der Waals surface area contributed by atoms with Gasteiger partial charge in [-0.3, -0.25) is 0 Å². The van der Waals surface area contributed by atoms with E-state index in [1.54, 1.807) is 0 Å². The van der Waals surface area contributed by atoms with Crippen molar-refractivity contribution in [1.29, 1.82) is 0 Å². The Morgan fingerprint density at radius 2 is 2.00 bits per heavy atom. The largest absolute Gasteiger partial charge is 0.389 e. The molecule has 0 saturated heterocycles. The molecule has 0 aromatic carbocycles. The Morgan fingerprint density at radius 3 is 2.58 bits per heavy atom. The van der Waals surface area contributed by atoms with Crippen LogP contribution in [0.4, 0.5) is 0 Å². The van der Waals surface area contributed by atoms with E-state index >= 15 is 0 Å². The van der Waals surface area contributed by atoms with Gasteiger partial charge in [-0.25, -0.2) is 0 Å². The van der Waals surface area contributed by atoms with Crippen LogP contribution < -0.4 is 5.32 Å². The summed E-state index contributed by atoms with van der Waals surface area (Å²) < 4.78 is 5.50. The third-order valence-electron chi connectivity index (χ3n) is 4.50. The molecule has 0 aliphatic heterocycles. The summed E-state index contributed by atoms with van der Waals surface area (Å²) in [6.07, 6.45) is 9.86. The van der Waals surface area contributed by atoms with Crippen molar-refractivity contribution in [2.24, 2.45) is 5.41 Å². The summed E-state index contributed by atoms with van der Waals surface area (Å²) in [7, 11) is 0. The zero-order valence-corrected chi connectivity index (χ0v) is 12.9. The van der Waals surface area contributed by atoms with Crippen LogP contribution in [0.15, 0.2) is 0 Å². The van der Waals surface area contributed by atoms with Gasteiger partial charge >= 0.3 is 0 Å². The van der Waals surface area contributed by atoms with E-state index in [9.17, 15) is 5.11 Å². The predicted molar refractivity (Wildman–Crippen MR) is 80.4 cm³/mol. The Kier molecular flexibility index (Phi) is 8.67. The van der Waals surface area contributed by atoms with E-state index in [1.165, 1.54) is 44.9 Å². The molecule has 3 nitrogen and oxygen atoms in total. The van der Waals surface area contributed by atoms with Crippen molar-refractivity contribution < 1.29 is 9.84 Å². The highest BCUT2D eigenvalue weighted by Gasteiger charge is 2.34.